The minimum absolute atomic E-state index is 0.0958. The zero-order chi connectivity index (χ0) is 16.0. The Morgan fingerprint density at radius 3 is 2.52 bits per heavy atom. The number of rotatable bonds is 5. The van der Waals surface area contributed by atoms with E-state index in [1.807, 2.05) is 20.8 Å². The van der Waals surface area contributed by atoms with Crippen molar-refractivity contribution in [2.24, 2.45) is 0 Å². The van der Waals surface area contributed by atoms with Crippen molar-refractivity contribution in [3.8, 4) is 11.8 Å². The molecule has 0 atom stereocenters. The maximum absolute atomic E-state index is 12.8. The second kappa shape index (κ2) is 7.60. The molecule has 0 amide bonds. The topological polar surface area (TPSA) is 57.6 Å². The van der Waals surface area contributed by atoms with Crippen LogP contribution in [-0.4, -0.2) is 37.0 Å². The third kappa shape index (κ3) is 4.31. The predicted molar refractivity (Wildman–Crippen MR) is 84.5 cm³/mol. The predicted octanol–water partition coefficient (Wildman–Crippen LogP) is 2.15. The molecule has 0 aliphatic carbocycles. The lowest BCUT2D eigenvalue weighted by Gasteiger charge is -2.26. The van der Waals surface area contributed by atoms with Crippen molar-refractivity contribution in [1.29, 1.82) is 0 Å². The highest BCUT2D eigenvalue weighted by Crippen LogP contribution is 2.23. The van der Waals surface area contributed by atoms with Gasteiger partial charge in [-0.05, 0) is 44.9 Å². The van der Waals surface area contributed by atoms with Crippen LogP contribution in [0.15, 0.2) is 23.1 Å². The monoisotopic (exact) mass is 309 g/mol. The minimum Gasteiger partial charge on any atom is -0.384 e. The van der Waals surface area contributed by atoms with Crippen molar-refractivity contribution in [2.75, 3.05) is 13.2 Å². The van der Waals surface area contributed by atoms with Crippen molar-refractivity contribution in [1.82, 2.24) is 4.31 Å². The van der Waals surface area contributed by atoms with Gasteiger partial charge in [-0.2, -0.15) is 4.31 Å². The molecule has 0 spiro atoms. The highest BCUT2D eigenvalue weighted by Gasteiger charge is 2.27. The number of aliphatic hydroxyl groups is 1. The number of hydrogen-bond acceptors (Lipinski definition) is 3. The fourth-order valence-corrected chi connectivity index (χ4v) is 4.08. The molecule has 0 bridgehead atoms. The first-order valence-corrected chi connectivity index (χ1v) is 8.50. The molecule has 4 nitrogen and oxygen atoms in total. The molecule has 0 aromatic heterocycles. The van der Waals surface area contributed by atoms with Gasteiger partial charge in [-0.3, -0.25) is 0 Å². The molecule has 0 unspecified atom stereocenters. The summed E-state index contributed by atoms with van der Waals surface area (Å²) in [7, 11) is -3.54. The van der Waals surface area contributed by atoms with Gasteiger partial charge in [0.25, 0.3) is 0 Å². The molecule has 0 heterocycles. The van der Waals surface area contributed by atoms with Crippen LogP contribution in [0.5, 0.6) is 0 Å². The lowest BCUT2D eigenvalue weighted by molar-refractivity contribution is 0.350. The van der Waals surface area contributed by atoms with E-state index in [2.05, 4.69) is 11.8 Å². The molecule has 0 saturated heterocycles. The number of sulfonamides is 1. The van der Waals surface area contributed by atoms with Gasteiger partial charge < -0.3 is 5.11 Å². The molecule has 0 aliphatic rings. The summed E-state index contributed by atoms with van der Waals surface area (Å²) in [5.41, 5.74) is 1.29. The summed E-state index contributed by atoms with van der Waals surface area (Å²) in [5, 5.41) is 8.74. The Balaban J connectivity index is 3.35. The standard InChI is InChI=1S/C16H23NO3S/c1-5-10-17(13(2)3)21(19,20)16-12-15(7-6-11-18)9-8-14(16)4/h8-9,12-13,18H,5,10-11H2,1-4H3. The first kappa shape index (κ1) is 17.7. The van der Waals surface area contributed by atoms with Crippen molar-refractivity contribution < 1.29 is 13.5 Å². The Morgan fingerprint density at radius 1 is 1.33 bits per heavy atom. The lowest BCUT2D eigenvalue weighted by atomic mass is 10.1. The molecule has 0 fully saturated rings. The van der Waals surface area contributed by atoms with E-state index in [0.717, 1.165) is 6.42 Å². The van der Waals surface area contributed by atoms with Crippen LogP contribution in [0.2, 0.25) is 0 Å². The summed E-state index contributed by atoms with van der Waals surface area (Å²) in [6.07, 6.45) is 0.764. The summed E-state index contributed by atoms with van der Waals surface area (Å²) in [6, 6.07) is 5.00. The first-order valence-electron chi connectivity index (χ1n) is 7.06. The molecule has 1 rings (SSSR count). The fraction of sp³-hybridized carbons (Fsp3) is 0.500. The van der Waals surface area contributed by atoms with Gasteiger partial charge in [-0.15, -0.1) is 0 Å². The Labute approximate surface area is 127 Å². The largest absolute Gasteiger partial charge is 0.384 e. The summed E-state index contributed by atoms with van der Waals surface area (Å²) in [6.45, 7) is 7.73. The van der Waals surface area contributed by atoms with E-state index < -0.39 is 10.0 Å². The molecule has 1 aromatic carbocycles. The van der Waals surface area contributed by atoms with Crippen LogP contribution in [0.3, 0.4) is 0 Å². The Hall–Kier alpha value is -1.35. The zero-order valence-corrected chi connectivity index (χ0v) is 13.9. The van der Waals surface area contributed by atoms with Crippen molar-refractivity contribution >= 4 is 10.0 Å². The smallest absolute Gasteiger partial charge is 0.243 e. The van der Waals surface area contributed by atoms with E-state index in [9.17, 15) is 8.42 Å². The summed E-state index contributed by atoms with van der Waals surface area (Å²) in [4.78, 5) is 0.286. The molecule has 116 valence electrons. The molecule has 5 heteroatoms. The van der Waals surface area contributed by atoms with E-state index >= 15 is 0 Å². The second-order valence-corrected chi connectivity index (χ2v) is 7.01. The van der Waals surface area contributed by atoms with Crippen LogP contribution in [0.1, 0.15) is 38.3 Å². The van der Waals surface area contributed by atoms with Gasteiger partial charge in [0.1, 0.15) is 6.61 Å². The number of aliphatic hydroxyl groups excluding tert-OH is 1. The molecular formula is C16H23NO3S. The first-order chi connectivity index (χ1) is 9.84. The number of nitrogens with zero attached hydrogens (tertiary/aromatic N) is 1. The van der Waals surface area contributed by atoms with E-state index in [1.165, 1.54) is 4.31 Å². The van der Waals surface area contributed by atoms with Crippen LogP contribution in [0.4, 0.5) is 0 Å². The fourth-order valence-electron chi connectivity index (χ4n) is 2.10. The van der Waals surface area contributed by atoms with E-state index in [1.54, 1.807) is 25.1 Å². The average Bonchev–Trinajstić information content (AvgIpc) is 2.43. The van der Waals surface area contributed by atoms with Gasteiger partial charge in [0.2, 0.25) is 10.0 Å². The molecule has 1 N–H and O–H groups in total. The molecule has 0 aliphatic heterocycles. The van der Waals surface area contributed by atoms with Crippen LogP contribution >= 0.6 is 0 Å². The Bertz CT molecular complexity index is 639. The van der Waals surface area contributed by atoms with E-state index in [-0.39, 0.29) is 17.5 Å². The molecular weight excluding hydrogens is 286 g/mol. The van der Waals surface area contributed by atoms with Gasteiger partial charge in [0.05, 0.1) is 4.90 Å². The highest BCUT2D eigenvalue weighted by atomic mass is 32.2. The maximum atomic E-state index is 12.8. The van der Waals surface area contributed by atoms with Gasteiger partial charge in [0.15, 0.2) is 0 Å². The van der Waals surface area contributed by atoms with Crippen LogP contribution in [-0.2, 0) is 10.0 Å². The number of benzene rings is 1. The SMILES string of the molecule is CCCN(C(C)C)S(=O)(=O)c1cc(C#CCO)ccc1C. The Kier molecular flexibility index (Phi) is 6.41. The van der Waals surface area contributed by atoms with Gasteiger partial charge in [-0.25, -0.2) is 8.42 Å². The quantitative estimate of drug-likeness (QED) is 0.848. The van der Waals surface area contributed by atoms with Gasteiger partial charge in [0, 0.05) is 18.2 Å². The van der Waals surface area contributed by atoms with E-state index in [4.69, 9.17) is 5.11 Å². The maximum Gasteiger partial charge on any atom is 0.243 e. The second-order valence-electron chi connectivity index (χ2n) is 5.15. The Morgan fingerprint density at radius 2 is 2.00 bits per heavy atom. The lowest BCUT2D eigenvalue weighted by Crippen LogP contribution is -2.37. The normalized spacial score (nSPS) is 11.6. The number of hydrogen-bond donors (Lipinski definition) is 1. The average molecular weight is 309 g/mol. The number of aryl methyl sites for hydroxylation is 1. The zero-order valence-electron chi connectivity index (χ0n) is 13.0. The minimum atomic E-state index is -3.54. The van der Waals surface area contributed by atoms with E-state index in [0.29, 0.717) is 17.7 Å². The van der Waals surface area contributed by atoms with Crippen LogP contribution in [0, 0.1) is 18.8 Å². The summed E-state index contributed by atoms with van der Waals surface area (Å²) >= 11 is 0. The molecule has 0 saturated carbocycles. The third-order valence-corrected chi connectivity index (χ3v) is 5.32. The van der Waals surface area contributed by atoms with Crippen LogP contribution < -0.4 is 0 Å². The van der Waals surface area contributed by atoms with Crippen molar-refractivity contribution in [3.05, 3.63) is 29.3 Å². The molecule has 21 heavy (non-hydrogen) atoms. The van der Waals surface area contributed by atoms with Gasteiger partial charge >= 0.3 is 0 Å². The molecule has 0 radical (unpaired) electrons. The molecule has 1 aromatic rings. The highest BCUT2D eigenvalue weighted by molar-refractivity contribution is 7.89. The third-order valence-electron chi connectivity index (χ3n) is 3.11. The van der Waals surface area contributed by atoms with Crippen molar-refractivity contribution in [3.63, 3.8) is 0 Å². The van der Waals surface area contributed by atoms with Gasteiger partial charge in [-0.1, -0.05) is 24.8 Å². The van der Waals surface area contributed by atoms with Crippen molar-refractivity contribution in [2.45, 2.75) is 45.1 Å². The summed E-state index contributed by atoms with van der Waals surface area (Å²) in [5.74, 6) is 5.29. The van der Waals surface area contributed by atoms with Crippen LogP contribution in [0.25, 0.3) is 0 Å². The summed E-state index contributed by atoms with van der Waals surface area (Å²) < 4.78 is 27.2.